The van der Waals surface area contributed by atoms with E-state index in [2.05, 4.69) is 5.16 Å². The van der Waals surface area contributed by atoms with Crippen molar-refractivity contribution in [3.05, 3.63) is 30.0 Å². The summed E-state index contributed by atoms with van der Waals surface area (Å²) in [7, 11) is 0. The number of nitrogens with zero attached hydrogens (tertiary/aromatic N) is 1. The molecule has 1 aliphatic heterocycles. The molecule has 1 N–H and O–H groups in total. The van der Waals surface area contributed by atoms with Crippen LogP contribution in [0.5, 0.6) is 11.5 Å². The van der Waals surface area contributed by atoms with Crippen LogP contribution in [0.25, 0.3) is 11.3 Å². The van der Waals surface area contributed by atoms with Crippen molar-refractivity contribution in [2.45, 2.75) is 0 Å². The first kappa shape index (κ1) is 10.6. The van der Waals surface area contributed by atoms with E-state index in [1.165, 1.54) is 6.07 Å². The zero-order valence-corrected chi connectivity index (χ0v) is 9.25. The first-order valence-electron chi connectivity index (χ1n) is 5.35. The van der Waals surface area contributed by atoms with E-state index in [4.69, 9.17) is 19.1 Å². The number of aromatic nitrogens is 1. The number of carbonyl (C=O) groups is 1. The maximum absolute atomic E-state index is 10.7. The lowest BCUT2D eigenvalue weighted by Gasteiger charge is -2.19. The predicted octanol–water partition coefficient (Wildman–Crippen LogP) is 1.81. The van der Waals surface area contributed by atoms with Gasteiger partial charge in [-0.15, -0.1) is 0 Å². The van der Waals surface area contributed by atoms with E-state index in [1.807, 2.05) is 0 Å². The molecule has 0 saturated carbocycles. The van der Waals surface area contributed by atoms with Gasteiger partial charge in [-0.25, -0.2) is 4.79 Å². The highest BCUT2D eigenvalue weighted by Crippen LogP contribution is 2.39. The number of carboxylic acids is 1. The van der Waals surface area contributed by atoms with Crippen molar-refractivity contribution in [3.8, 4) is 22.8 Å². The lowest BCUT2D eigenvalue weighted by Crippen LogP contribution is -2.15. The molecule has 92 valence electrons. The summed E-state index contributed by atoms with van der Waals surface area (Å²) in [6, 6.07) is 6.71. The first-order chi connectivity index (χ1) is 8.75. The molecule has 0 saturated heterocycles. The Kier molecular flexibility index (Phi) is 2.40. The van der Waals surface area contributed by atoms with E-state index < -0.39 is 5.97 Å². The zero-order valence-electron chi connectivity index (χ0n) is 9.25. The normalized spacial score (nSPS) is 13.3. The lowest BCUT2D eigenvalue weighted by molar-refractivity contribution is 0.0652. The molecule has 1 aliphatic rings. The third-order valence-corrected chi connectivity index (χ3v) is 2.56. The highest BCUT2D eigenvalue weighted by atomic mass is 16.6. The Labute approximate surface area is 102 Å². The molecular weight excluding hydrogens is 238 g/mol. The second-order valence-corrected chi connectivity index (χ2v) is 3.71. The largest absolute Gasteiger partial charge is 0.486 e. The van der Waals surface area contributed by atoms with Crippen LogP contribution in [0.1, 0.15) is 10.6 Å². The molecule has 0 fully saturated rings. The van der Waals surface area contributed by atoms with Gasteiger partial charge in [-0.3, -0.25) is 0 Å². The predicted molar refractivity (Wildman–Crippen MR) is 59.9 cm³/mol. The van der Waals surface area contributed by atoms with Crippen LogP contribution < -0.4 is 9.47 Å². The minimum atomic E-state index is -1.16. The molecule has 0 unspecified atom stereocenters. The van der Waals surface area contributed by atoms with Crippen LogP contribution in [-0.4, -0.2) is 29.4 Å². The molecule has 0 atom stereocenters. The Morgan fingerprint density at radius 1 is 1.28 bits per heavy atom. The van der Waals surface area contributed by atoms with E-state index in [9.17, 15) is 4.79 Å². The molecule has 0 aliphatic carbocycles. The van der Waals surface area contributed by atoms with Crippen LogP contribution in [-0.2, 0) is 0 Å². The number of rotatable bonds is 2. The minimum absolute atomic E-state index is 0.209. The first-order valence-corrected chi connectivity index (χ1v) is 5.35. The number of hydrogen-bond acceptors (Lipinski definition) is 5. The van der Waals surface area contributed by atoms with Gasteiger partial charge in [0.2, 0.25) is 5.76 Å². The summed E-state index contributed by atoms with van der Waals surface area (Å²) in [5.74, 6) is -0.178. The van der Waals surface area contributed by atoms with Gasteiger partial charge in [0.1, 0.15) is 18.9 Å². The second-order valence-electron chi connectivity index (χ2n) is 3.71. The van der Waals surface area contributed by atoms with Crippen LogP contribution in [0.3, 0.4) is 0 Å². The van der Waals surface area contributed by atoms with Crippen molar-refractivity contribution >= 4 is 5.97 Å². The monoisotopic (exact) mass is 247 g/mol. The Bertz CT molecular complexity index is 604. The molecule has 6 heteroatoms. The van der Waals surface area contributed by atoms with Crippen molar-refractivity contribution in [3.63, 3.8) is 0 Å². The highest BCUT2D eigenvalue weighted by molar-refractivity contribution is 5.86. The van der Waals surface area contributed by atoms with Crippen molar-refractivity contribution in [2.75, 3.05) is 13.2 Å². The molecule has 2 heterocycles. The Hall–Kier alpha value is -2.50. The molecule has 3 rings (SSSR count). The molecule has 0 bridgehead atoms. The van der Waals surface area contributed by atoms with Crippen molar-refractivity contribution in [2.24, 2.45) is 0 Å². The molecule has 18 heavy (non-hydrogen) atoms. The number of carboxylic acid groups (broad SMARTS) is 1. The van der Waals surface area contributed by atoms with Crippen LogP contribution in [0.2, 0.25) is 0 Å². The summed E-state index contributed by atoms with van der Waals surface area (Å²) >= 11 is 0. The third kappa shape index (κ3) is 1.67. The van der Waals surface area contributed by atoms with E-state index in [0.717, 1.165) is 0 Å². The molecule has 1 aromatic carbocycles. The van der Waals surface area contributed by atoms with Gasteiger partial charge in [0.25, 0.3) is 0 Å². The van der Waals surface area contributed by atoms with E-state index >= 15 is 0 Å². The van der Waals surface area contributed by atoms with Crippen LogP contribution >= 0.6 is 0 Å². The van der Waals surface area contributed by atoms with Gasteiger partial charge in [-0.1, -0.05) is 11.2 Å². The van der Waals surface area contributed by atoms with E-state index in [0.29, 0.717) is 36.0 Å². The highest BCUT2D eigenvalue weighted by Gasteiger charge is 2.20. The summed E-state index contributed by atoms with van der Waals surface area (Å²) in [5, 5.41) is 12.5. The average Bonchev–Trinajstić information content (AvgIpc) is 2.87. The maximum Gasteiger partial charge on any atom is 0.374 e. The SMILES string of the molecule is O=C(O)c1cc(-c2cccc3c2OCCO3)no1. The lowest BCUT2D eigenvalue weighted by atomic mass is 10.1. The van der Waals surface area contributed by atoms with Gasteiger partial charge in [0.05, 0.1) is 0 Å². The minimum Gasteiger partial charge on any atom is -0.486 e. The summed E-state index contributed by atoms with van der Waals surface area (Å²) < 4.78 is 15.7. The number of aromatic carboxylic acids is 1. The third-order valence-electron chi connectivity index (χ3n) is 2.56. The van der Waals surface area contributed by atoms with Crippen molar-refractivity contribution < 1.29 is 23.9 Å². The summed E-state index contributed by atoms with van der Waals surface area (Å²) in [6.45, 7) is 0.948. The number of para-hydroxylation sites is 1. The topological polar surface area (TPSA) is 81.8 Å². The van der Waals surface area contributed by atoms with Crippen molar-refractivity contribution in [1.82, 2.24) is 5.16 Å². The van der Waals surface area contributed by atoms with Gasteiger partial charge in [-0.2, -0.15) is 0 Å². The van der Waals surface area contributed by atoms with Gasteiger partial charge in [-0.05, 0) is 12.1 Å². The quantitative estimate of drug-likeness (QED) is 0.871. The average molecular weight is 247 g/mol. The van der Waals surface area contributed by atoms with E-state index in [-0.39, 0.29) is 5.76 Å². The van der Waals surface area contributed by atoms with Crippen LogP contribution in [0, 0.1) is 0 Å². The number of fused-ring (bicyclic) bond motifs is 1. The molecule has 0 radical (unpaired) electrons. The second kappa shape index (κ2) is 4.06. The molecule has 0 amide bonds. The molecular formula is C12H9NO5. The van der Waals surface area contributed by atoms with Gasteiger partial charge >= 0.3 is 5.97 Å². The number of ether oxygens (including phenoxy) is 2. The number of benzene rings is 1. The summed E-state index contributed by atoms with van der Waals surface area (Å²) in [6.07, 6.45) is 0. The van der Waals surface area contributed by atoms with Gasteiger partial charge in [0.15, 0.2) is 11.5 Å². The Balaban J connectivity index is 2.08. The van der Waals surface area contributed by atoms with Crippen LogP contribution in [0.15, 0.2) is 28.8 Å². The smallest absolute Gasteiger partial charge is 0.374 e. The summed E-state index contributed by atoms with van der Waals surface area (Å²) in [5.41, 5.74) is 1.07. The Morgan fingerprint density at radius 2 is 2.11 bits per heavy atom. The molecule has 0 spiro atoms. The fraction of sp³-hybridized carbons (Fsp3) is 0.167. The maximum atomic E-state index is 10.7. The number of hydrogen-bond donors (Lipinski definition) is 1. The zero-order chi connectivity index (χ0) is 12.5. The molecule has 6 nitrogen and oxygen atoms in total. The fourth-order valence-corrected chi connectivity index (χ4v) is 1.78. The summed E-state index contributed by atoms with van der Waals surface area (Å²) in [4.78, 5) is 10.7. The Morgan fingerprint density at radius 3 is 2.89 bits per heavy atom. The standard InChI is InChI=1S/C12H9NO5/c14-12(15)10-6-8(13-18-10)7-2-1-3-9-11(7)17-5-4-16-9/h1-3,6H,4-5H2,(H,14,15). The van der Waals surface area contributed by atoms with Crippen LogP contribution in [0.4, 0.5) is 0 Å². The van der Waals surface area contributed by atoms with Gasteiger partial charge in [0, 0.05) is 11.6 Å². The van der Waals surface area contributed by atoms with E-state index in [1.54, 1.807) is 18.2 Å². The molecule has 1 aromatic heterocycles. The fourth-order valence-electron chi connectivity index (χ4n) is 1.78. The van der Waals surface area contributed by atoms with Crippen molar-refractivity contribution in [1.29, 1.82) is 0 Å². The van der Waals surface area contributed by atoms with Gasteiger partial charge < -0.3 is 19.1 Å². The molecule has 2 aromatic rings.